The Morgan fingerprint density at radius 2 is 2.18 bits per heavy atom. The summed E-state index contributed by atoms with van der Waals surface area (Å²) in [4.78, 5) is 58.8. The third-order valence-corrected chi connectivity index (χ3v) is 7.49. The molecule has 2 aliphatic rings. The van der Waals surface area contributed by atoms with Gasteiger partial charge in [-0.3, -0.25) is 14.5 Å². The van der Waals surface area contributed by atoms with Gasteiger partial charge in [-0.15, -0.1) is 4.91 Å². The smallest absolute Gasteiger partial charge is 0.353 e. The molecule has 12 nitrogen and oxygen atoms in total. The van der Waals surface area contributed by atoms with Gasteiger partial charge in [-0.05, 0) is 30.2 Å². The monoisotopic (exact) mass is 509 g/mol. The van der Waals surface area contributed by atoms with E-state index in [0.717, 1.165) is 28.0 Å². The Balaban J connectivity index is 1.54. The van der Waals surface area contributed by atoms with Crippen LogP contribution in [0.1, 0.15) is 24.6 Å². The lowest BCUT2D eigenvalue weighted by Crippen LogP contribution is -2.71. The van der Waals surface area contributed by atoms with Crippen molar-refractivity contribution in [3.05, 3.63) is 43.9 Å². The van der Waals surface area contributed by atoms with Crippen molar-refractivity contribution in [2.24, 2.45) is 5.18 Å². The second-order valence-corrected chi connectivity index (χ2v) is 9.85. The number of β-lactam (4-membered cyclic amide) rings is 1. The number of nitrogen functional groups attached to an aromatic ring is 2. The standard InChI is InChI=1S/C18H16ClN7O5S2/c19-13-10(24-18(21)33-13)11(25-31)15(27)23-9-6-3-4-7(12(17(29)30)26(6)16(9)28)32-8-2-1-5-22-14(8)20/h1-2,5-6,9,11H,3-4H2,(H2,20,22)(H2,21,24)(H,23,27)(H,29,30)/t6-,9+,11?/m1/s1. The number of hydrogen-bond donors (Lipinski definition) is 4. The molecule has 3 atom stereocenters. The fraction of sp³-hybridized carbons (Fsp3) is 0.278. The van der Waals surface area contributed by atoms with E-state index in [9.17, 15) is 24.4 Å². The first kappa shape index (κ1) is 22.9. The predicted octanol–water partition coefficient (Wildman–Crippen LogP) is 1.74. The number of nitrogens with one attached hydrogen (secondary N) is 1. The maximum atomic E-state index is 12.8. The number of carboxylic acid groups (broad SMARTS) is 1. The van der Waals surface area contributed by atoms with Crippen molar-refractivity contribution in [1.29, 1.82) is 0 Å². The van der Waals surface area contributed by atoms with Gasteiger partial charge in [0.2, 0.25) is 6.04 Å². The van der Waals surface area contributed by atoms with Crippen molar-refractivity contribution in [1.82, 2.24) is 20.2 Å². The third-order valence-electron chi connectivity index (χ3n) is 5.16. The molecule has 33 heavy (non-hydrogen) atoms. The molecule has 2 aromatic rings. The van der Waals surface area contributed by atoms with Crippen LogP contribution in [0.4, 0.5) is 10.9 Å². The number of nitrogens with zero attached hydrogens (tertiary/aromatic N) is 4. The summed E-state index contributed by atoms with van der Waals surface area (Å²) in [5.74, 6) is -2.52. The summed E-state index contributed by atoms with van der Waals surface area (Å²) < 4.78 is 0.0407. The van der Waals surface area contributed by atoms with Crippen molar-refractivity contribution >= 4 is 63.4 Å². The number of anilines is 2. The number of aromatic nitrogens is 2. The largest absolute Gasteiger partial charge is 0.477 e. The number of carboxylic acids is 1. The minimum absolute atomic E-state index is 0.0407. The van der Waals surface area contributed by atoms with Crippen LogP contribution in [-0.4, -0.2) is 49.8 Å². The second kappa shape index (κ2) is 8.96. The molecule has 15 heteroatoms. The molecule has 0 aromatic carbocycles. The van der Waals surface area contributed by atoms with Crippen LogP contribution < -0.4 is 16.8 Å². The summed E-state index contributed by atoms with van der Waals surface area (Å²) in [5.41, 5.74) is 11.1. The van der Waals surface area contributed by atoms with E-state index < -0.39 is 35.9 Å². The highest BCUT2D eigenvalue weighted by Crippen LogP contribution is 2.44. The summed E-state index contributed by atoms with van der Waals surface area (Å²) >= 11 is 7.99. The zero-order valence-electron chi connectivity index (χ0n) is 16.6. The molecule has 172 valence electrons. The number of nitroso groups, excluding NO2 is 1. The minimum atomic E-state index is -1.59. The molecule has 2 aliphatic heterocycles. The summed E-state index contributed by atoms with van der Waals surface area (Å²) in [6.45, 7) is 0. The number of thioether (sulfide) groups is 1. The van der Waals surface area contributed by atoms with E-state index >= 15 is 0 Å². The summed E-state index contributed by atoms with van der Waals surface area (Å²) in [6.07, 6.45) is 2.24. The molecular formula is C18H16ClN7O5S2. The predicted molar refractivity (Wildman–Crippen MR) is 121 cm³/mol. The zero-order chi connectivity index (χ0) is 23.9. The van der Waals surface area contributed by atoms with Gasteiger partial charge in [0.1, 0.15) is 27.6 Å². The van der Waals surface area contributed by atoms with Gasteiger partial charge in [0.25, 0.3) is 11.8 Å². The summed E-state index contributed by atoms with van der Waals surface area (Å²) in [7, 11) is 0. The van der Waals surface area contributed by atoms with Crippen molar-refractivity contribution in [3.63, 3.8) is 0 Å². The fourth-order valence-corrected chi connectivity index (χ4v) is 5.75. The number of nitrogens with two attached hydrogens (primary N) is 2. The molecule has 1 fully saturated rings. The van der Waals surface area contributed by atoms with Gasteiger partial charge >= 0.3 is 5.97 Å². The lowest BCUT2D eigenvalue weighted by Gasteiger charge is -2.50. The average molecular weight is 510 g/mol. The lowest BCUT2D eigenvalue weighted by atomic mass is 9.86. The highest BCUT2D eigenvalue weighted by molar-refractivity contribution is 8.03. The van der Waals surface area contributed by atoms with Crippen molar-refractivity contribution in [2.75, 3.05) is 11.5 Å². The number of halogens is 1. The number of carbonyl (C=O) groups is 3. The van der Waals surface area contributed by atoms with Crippen LogP contribution in [0.15, 0.2) is 39.0 Å². The molecule has 0 saturated carbocycles. The Hall–Kier alpha value is -3.23. The number of amides is 2. The number of rotatable bonds is 7. The molecule has 0 aliphatic carbocycles. The highest BCUT2D eigenvalue weighted by atomic mass is 35.5. The van der Waals surface area contributed by atoms with E-state index in [2.05, 4.69) is 20.5 Å². The van der Waals surface area contributed by atoms with E-state index in [1.165, 1.54) is 6.20 Å². The summed E-state index contributed by atoms with van der Waals surface area (Å²) in [5, 5.41) is 15.1. The molecule has 1 saturated heterocycles. The maximum absolute atomic E-state index is 12.8. The Labute approximate surface area is 199 Å². The van der Waals surface area contributed by atoms with E-state index in [-0.39, 0.29) is 26.7 Å². The van der Waals surface area contributed by atoms with Gasteiger partial charge in [0.15, 0.2) is 5.13 Å². The van der Waals surface area contributed by atoms with Gasteiger partial charge in [0.05, 0.1) is 10.9 Å². The number of fused-ring (bicyclic) bond motifs is 1. The molecule has 0 radical (unpaired) electrons. The van der Waals surface area contributed by atoms with Crippen LogP contribution >= 0.6 is 34.7 Å². The molecular weight excluding hydrogens is 494 g/mol. The second-order valence-electron chi connectivity index (χ2n) is 7.09. The van der Waals surface area contributed by atoms with Gasteiger partial charge in [-0.2, -0.15) is 0 Å². The Bertz CT molecular complexity index is 1200. The first-order valence-electron chi connectivity index (χ1n) is 9.45. The molecule has 0 bridgehead atoms. The van der Waals surface area contributed by atoms with Crippen LogP contribution in [0, 0.1) is 4.91 Å². The Morgan fingerprint density at radius 3 is 2.79 bits per heavy atom. The van der Waals surface area contributed by atoms with E-state index in [1.54, 1.807) is 12.1 Å². The maximum Gasteiger partial charge on any atom is 0.353 e. The van der Waals surface area contributed by atoms with Gasteiger partial charge in [-0.1, -0.05) is 34.7 Å². The average Bonchev–Trinajstić information content (AvgIpc) is 3.11. The minimum Gasteiger partial charge on any atom is -0.477 e. The van der Waals surface area contributed by atoms with E-state index in [0.29, 0.717) is 22.6 Å². The van der Waals surface area contributed by atoms with Crippen molar-refractivity contribution < 1.29 is 19.5 Å². The first-order valence-corrected chi connectivity index (χ1v) is 11.5. The summed E-state index contributed by atoms with van der Waals surface area (Å²) in [6, 6.07) is 0.179. The van der Waals surface area contributed by atoms with Crippen molar-refractivity contribution in [3.8, 4) is 0 Å². The van der Waals surface area contributed by atoms with Crippen LogP contribution in [0.3, 0.4) is 0 Å². The zero-order valence-corrected chi connectivity index (χ0v) is 19.0. The first-order chi connectivity index (χ1) is 15.7. The van der Waals surface area contributed by atoms with Crippen LogP contribution in [0.25, 0.3) is 0 Å². The van der Waals surface area contributed by atoms with Crippen LogP contribution in [-0.2, 0) is 14.4 Å². The topological polar surface area (TPSA) is 194 Å². The van der Waals surface area contributed by atoms with Crippen molar-refractivity contribution in [2.45, 2.75) is 35.9 Å². The number of aliphatic carboxylic acids is 1. The number of hydrogen-bond acceptors (Lipinski definition) is 11. The number of carbonyl (C=O) groups excluding carboxylic acids is 2. The molecule has 2 amide bonds. The van der Waals surface area contributed by atoms with Gasteiger partial charge < -0.3 is 21.9 Å². The SMILES string of the molecule is Nc1nc(C(N=O)C(=O)N[C@@H]2C(=O)N3C(C(=O)O)=C(Sc4cccnc4N)CC[C@H]23)c(Cl)s1. The number of pyridine rings is 1. The molecule has 4 rings (SSSR count). The van der Waals surface area contributed by atoms with Gasteiger partial charge in [-0.25, -0.2) is 14.8 Å². The highest BCUT2D eigenvalue weighted by Gasteiger charge is 2.54. The quantitative estimate of drug-likeness (QED) is 0.315. The van der Waals surface area contributed by atoms with E-state index in [1.807, 2.05) is 0 Å². The van der Waals surface area contributed by atoms with E-state index in [4.69, 9.17) is 23.1 Å². The molecule has 4 heterocycles. The fourth-order valence-electron chi connectivity index (χ4n) is 3.70. The molecule has 1 unspecified atom stereocenters. The van der Waals surface area contributed by atoms with Crippen LogP contribution in [0.5, 0.6) is 0 Å². The van der Waals surface area contributed by atoms with Crippen LogP contribution in [0.2, 0.25) is 4.34 Å². The third kappa shape index (κ3) is 4.12. The Kier molecular flexibility index (Phi) is 6.23. The van der Waals surface area contributed by atoms with Gasteiger partial charge in [0, 0.05) is 11.1 Å². The molecule has 2 aromatic heterocycles. The number of allylic oxidation sites excluding steroid dienone is 1. The lowest BCUT2D eigenvalue weighted by molar-refractivity contribution is -0.156. The number of thiazole rings is 1. The normalized spacial score (nSPS) is 20.6. The molecule has 0 spiro atoms. The Morgan fingerprint density at radius 1 is 1.42 bits per heavy atom. The molecule has 6 N–H and O–H groups in total.